The number of nitrogens with one attached hydrogen (secondary N) is 2. The molecular formula is C30H32As2N4O2. The summed E-state index contributed by atoms with van der Waals surface area (Å²) in [4.78, 5) is 22.0. The number of carbonyl (C=O) groups is 1. The Morgan fingerprint density at radius 3 is 2.21 bits per heavy atom. The van der Waals surface area contributed by atoms with Crippen LogP contribution in [0.4, 0.5) is 10.5 Å². The van der Waals surface area contributed by atoms with Gasteiger partial charge in [0.05, 0.1) is 0 Å². The van der Waals surface area contributed by atoms with Gasteiger partial charge in [-0.25, -0.2) is 0 Å². The molecule has 4 saturated carbocycles. The monoisotopic (exact) mass is 630 g/mol. The molecule has 0 aliphatic heterocycles. The van der Waals surface area contributed by atoms with Crippen molar-refractivity contribution in [1.82, 2.24) is 15.3 Å². The van der Waals surface area contributed by atoms with Gasteiger partial charge in [0.1, 0.15) is 0 Å². The molecule has 2 N–H and O–H groups in total. The predicted octanol–water partition coefficient (Wildman–Crippen LogP) is 3.79. The van der Waals surface area contributed by atoms with E-state index in [4.69, 9.17) is 4.74 Å². The fourth-order valence-electron chi connectivity index (χ4n) is 7.39. The molecule has 8 heteroatoms. The number of ether oxygens (including phenoxy) is 1. The van der Waals surface area contributed by atoms with E-state index >= 15 is 0 Å². The van der Waals surface area contributed by atoms with Crippen molar-refractivity contribution < 1.29 is 9.53 Å². The summed E-state index contributed by atoms with van der Waals surface area (Å²) in [5.41, 5.74) is 5.01. The fraction of sp³-hybridized carbons (Fsp3) is 0.433. The molecule has 4 aliphatic carbocycles. The summed E-state index contributed by atoms with van der Waals surface area (Å²) < 4.78 is 7.50. The van der Waals surface area contributed by atoms with E-state index in [-0.39, 0.29) is 6.03 Å². The maximum atomic E-state index is 12.8. The van der Waals surface area contributed by atoms with Crippen LogP contribution in [0, 0.1) is 23.2 Å². The molecule has 4 bridgehead atoms. The summed E-state index contributed by atoms with van der Waals surface area (Å²) in [6.07, 6.45) is 8.13. The zero-order chi connectivity index (χ0) is 26.1. The van der Waals surface area contributed by atoms with Gasteiger partial charge in [-0.2, -0.15) is 0 Å². The minimum absolute atomic E-state index is 0.118. The van der Waals surface area contributed by atoms with Crippen LogP contribution in [0.15, 0.2) is 54.6 Å². The first-order chi connectivity index (χ1) is 18.4. The van der Waals surface area contributed by atoms with Gasteiger partial charge >= 0.3 is 206 Å². The van der Waals surface area contributed by atoms with Crippen molar-refractivity contribution >= 4 is 54.5 Å². The van der Waals surface area contributed by atoms with Gasteiger partial charge in [0, 0.05) is 0 Å². The van der Waals surface area contributed by atoms with E-state index < -0.39 is 0 Å². The first kappa shape index (κ1) is 26.1. The number of nitrogens with zero attached hydrogens (tertiary/aromatic N) is 2. The summed E-state index contributed by atoms with van der Waals surface area (Å²) in [7, 11) is 0. The average Bonchev–Trinajstić information content (AvgIpc) is 2.88. The Labute approximate surface area is 242 Å². The molecule has 1 aromatic heterocycles. The van der Waals surface area contributed by atoms with E-state index in [1.54, 1.807) is 0 Å². The Hall–Kier alpha value is -2.13. The summed E-state index contributed by atoms with van der Waals surface area (Å²) in [5.74, 6) is 2.66. The Balaban J connectivity index is 1.08. The zero-order valence-corrected chi connectivity index (χ0v) is 25.2. The van der Waals surface area contributed by atoms with Crippen molar-refractivity contribution in [2.45, 2.75) is 51.7 Å². The van der Waals surface area contributed by atoms with Gasteiger partial charge in [-0.15, -0.1) is 0 Å². The molecule has 0 spiro atoms. The standard InChI is InChI=1S/C30H32As2N4O2/c31-27-26(25(35-28(32)36-27)17-38-16-19-4-2-1-3-5-19)23-6-8-24(9-7-23)34-29(37)33-18-30-13-20-10-21(14-30)12-22(11-20)15-30/h1-9,20-22H,10-18H2,(H2,33,34,37). The molecule has 4 radical (unpaired) electrons. The van der Waals surface area contributed by atoms with Crippen molar-refractivity contribution in [3.8, 4) is 11.1 Å². The topological polar surface area (TPSA) is 76.1 Å². The number of hydrogen-bond acceptors (Lipinski definition) is 4. The molecule has 4 fully saturated rings. The molecule has 0 atom stereocenters. The second-order valence-electron chi connectivity index (χ2n) is 11.4. The SMILES string of the molecule is O=C(NCC12CC3CC(CC(C3)C1)C2)Nc1ccc(-c2c([As])nc([As])nc2COCc2ccccc2)cc1. The van der Waals surface area contributed by atoms with E-state index in [1.165, 1.54) is 38.5 Å². The van der Waals surface area contributed by atoms with E-state index in [0.29, 0.717) is 23.2 Å². The van der Waals surface area contributed by atoms with E-state index in [2.05, 4.69) is 66.4 Å². The second kappa shape index (κ2) is 11.2. The molecule has 0 saturated heterocycles. The van der Waals surface area contributed by atoms with Crippen LogP contribution in [0.1, 0.15) is 49.8 Å². The summed E-state index contributed by atoms with van der Waals surface area (Å²) >= 11 is 4.94. The van der Waals surface area contributed by atoms with E-state index in [1.807, 2.05) is 42.5 Å². The first-order valence-corrected chi connectivity index (χ1v) is 15.4. The Kier molecular flexibility index (Phi) is 7.67. The van der Waals surface area contributed by atoms with Gasteiger partial charge in [0.25, 0.3) is 0 Å². The normalized spacial score (nSPS) is 25.4. The van der Waals surface area contributed by atoms with Crippen LogP contribution in [-0.2, 0) is 18.0 Å². The number of benzene rings is 2. The van der Waals surface area contributed by atoms with E-state index in [0.717, 1.165) is 56.9 Å². The fourth-order valence-corrected chi connectivity index (χ4v) is 8.97. The molecule has 6 nitrogen and oxygen atoms in total. The van der Waals surface area contributed by atoms with Gasteiger partial charge in [-0.3, -0.25) is 0 Å². The van der Waals surface area contributed by atoms with Crippen LogP contribution in [0.25, 0.3) is 11.1 Å². The molecule has 2 aromatic carbocycles. The van der Waals surface area contributed by atoms with Crippen LogP contribution in [0.3, 0.4) is 0 Å². The van der Waals surface area contributed by atoms with Crippen molar-refractivity contribution in [3.63, 3.8) is 0 Å². The van der Waals surface area contributed by atoms with Crippen LogP contribution < -0.4 is 19.7 Å². The van der Waals surface area contributed by atoms with Crippen molar-refractivity contribution in [3.05, 3.63) is 65.9 Å². The molecule has 194 valence electrons. The van der Waals surface area contributed by atoms with Gasteiger partial charge in [0.2, 0.25) is 0 Å². The number of anilines is 1. The number of carbonyl (C=O) groups excluding carboxylic acids is 1. The second-order valence-corrected chi connectivity index (χ2v) is 13.2. The third kappa shape index (κ3) is 5.88. The van der Waals surface area contributed by atoms with E-state index in [9.17, 15) is 4.79 Å². The summed E-state index contributed by atoms with van der Waals surface area (Å²) in [6.45, 7) is 1.70. The third-order valence-electron chi connectivity index (χ3n) is 8.52. The van der Waals surface area contributed by atoms with Crippen molar-refractivity contribution in [1.29, 1.82) is 0 Å². The van der Waals surface area contributed by atoms with Gasteiger partial charge in [-0.05, 0) is 37.0 Å². The van der Waals surface area contributed by atoms with Gasteiger partial charge < -0.3 is 0 Å². The van der Waals surface area contributed by atoms with Gasteiger partial charge in [0.15, 0.2) is 0 Å². The number of rotatable bonds is 8. The Bertz CT molecular complexity index is 1260. The Morgan fingerprint density at radius 1 is 0.895 bits per heavy atom. The predicted molar refractivity (Wildman–Crippen MR) is 151 cm³/mol. The van der Waals surface area contributed by atoms with Gasteiger partial charge in [-0.1, -0.05) is 0 Å². The molecule has 4 aliphatic rings. The third-order valence-corrected chi connectivity index (χ3v) is 9.62. The zero-order valence-electron chi connectivity index (χ0n) is 21.4. The van der Waals surface area contributed by atoms with Crippen LogP contribution in [0.2, 0.25) is 0 Å². The summed E-state index contributed by atoms with van der Waals surface area (Å²) in [5, 5.41) is 6.24. The average molecular weight is 630 g/mol. The van der Waals surface area contributed by atoms with Crippen molar-refractivity contribution in [2.24, 2.45) is 23.2 Å². The number of hydrogen-bond donors (Lipinski definition) is 2. The maximum absolute atomic E-state index is 12.8. The molecule has 38 heavy (non-hydrogen) atoms. The Morgan fingerprint density at radius 2 is 1.55 bits per heavy atom. The molecule has 0 unspecified atom stereocenters. The minimum atomic E-state index is -0.118. The van der Waals surface area contributed by atoms with Crippen LogP contribution >= 0.6 is 0 Å². The first-order valence-electron chi connectivity index (χ1n) is 13.5. The molecular weight excluding hydrogens is 598 g/mol. The van der Waals surface area contributed by atoms with Crippen LogP contribution in [0.5, 0.6) is 0 Å². The number of aromatic nitrogens is 2. The number of urea groups is 1. The molecule has 1 heterocycles. The molecule has 7 rings (SSSR count). The summed E-state index contributed by atoms with van der Waals surface area (Å²) in [6, 6.07) is 17.9. The molecule has 3 aromatic rings. The van der Waals surface area contributed by atoms with Crippen LogP contribution in [-0.4, -0.2) is 56.2 Å². The van der Waals surface area contributed by atoms with Crippen molar-refractivity contribution in [2.75, 3.05) is 11.9 Å². The number of amides is 2. The molecule has 2 amide bonds. The quantitative estimate of drug-likeness (QED) is 0.372.